The van der Waals surface area contributed by atoms with E-state index in [4.69, 9.17) is 10.2 Å². The molecule has 0 saturated carbocycles. The number of rotatable bonds is 10. The number of nitrogens with two attached hydrogens (primary N) is 1. The molecule has 12 heteroatoms. The average molecular weight is 442 g/mol. The van der Waals surface area contributed by atoms with E-state index in [0.29, 0.717) is 23.7 Å². The summed E-state index contributed by atoms with van der Waals surface area (Å²) in [4.78, 5) is 27.8. The van der Waals surface area contributed by atoms with Gasteiger partial charge in [-0.3, -0.25) is 4.79 Å². The fourth-order valence-corrected chi connectivity index (χ4v) is 3.64. The number of benzene rings is 1. The standard InChI is InChI=1S/C17H23N5O5S2/c1-11-5-7-12(8-6-11)14-10-28-16(20-14)22-15(23)13(21-17(24)25)4-2-3-9-19-29(18,26)27/h5-8,10,13,19,21H,2-4,9H2,1H3,(H,24,25)(H2,18,26,27)(H,20,22,23). The van der Waals surface area contributed by atoms with Crippen LogP contribution in [0.1, 0.15) is 24.8 Å². The Kier molecular flexibility index (Phi) is 8.08. The maximum atomic E-state index is 12.5. The maximum Gasteiger partial charge on any atom is 0.405 e. The first kappa shape index (κ1) is 22.7. The summed E-state index contributed by atoms with van der Waals surface area (Å²) >= 11 is 1.24. The van der Waals surface area contributed by atoms with Gasteiger partial charge in [-0.1, -0.05) is 29.8 Å². The van der Waals surface area contributed by atoms with E-state index in [-0.39, 0.29) is 13.0 Å². The number of carbonyl (C=O) groups excluding carboxylic acids is 1. The van der Waals surface area contributed by atoms with Crippen molar-refractivity contribution >= 4 is 38.7 Å². The minimum Gasteiger partial charge on any atom is -0.465 e. The van der Waals surface area contributed by atoms with Gasteiger partial charge in [0.05, 0.1) is 5.69 Å². The van der Waals surface area contributed by atoms with Crippen LogP contribution < -0.4 is 20.5 Å². The molecule has 0 fully saturated rings. The highest BCUT2D eigenvalue weighted by molar-refractivity contribution is 7.87. The fourth-order valence-electron chi connectivity index (χ4n) is 2.49. The van der Waals surface area contributed by atoms with E-state index in [1.165, 1.54) is 11.3 Å². The minimum atomic E-state index is -3.77. The molecule has 0 radical (unpaired) electrons. The van der Waals surface area contributed by atoms with Crippen LogP contribution in [-0.4, -0.2) is 43.1 Å². The summed E-state index contributed by atoms with van der Waals surface area (Å²) in [5, 5.41) is 20.8. The highest BCUT2D eigenvalue weighted by Crippen LogP contribution is 2.25. The van der Waals surface area contributed by atoms with Gasteiger partial charge < -0.3 is 15.7 Å². The zero-order valence-electron chi connectivity index (χ0n) is 15.7. The van der Waals surface area contributed by atoms with E-state index in [9.17, 15) is 18.0 Å². The Morgan fingerprint density at radius 2 is 1.93 bits per heavy atom. The van der Waals surface area contributed by atoms with E-state index in [0.717, 1.165) is 11.1 Å². The van der Waals surface area contributed by atoms with Crippen molar-refractivity contribution in [2.75, 3.05) is 11.9 Å². The molecule has 10 nitrogen and oxygen atoms in total. The van der Waals surface area contributed by atoms with Crippen molar-refractivity contribution < 1.29 is 23.1 Å². The second-order valence-corrected chi connectivity index (χ2v) is 8.57. The van der Waals surface area contributed by atoms with Crippen LogP contribution in [-0.2, 0) is 15.0 Å². The van der Waals surface area contributed by atoms with Gasteiger partial charge >= 0.3 is 6.09 Å². The molecular formula is C17H23N5O5S2. The Hall–Kier alpha value is -2.54. The Balaban J connectivity index is 1.93. The summed E-state index contributed by atoms with van der Waals surface area (Å²) in [6.45, 7) is 2.09. The molecule has 2 amide bonds. The van der Waals surface area contributed by atoms with E-state index in [2.05, 4.69) is 20.3 Å². The zero-order valence-corrected chi connectivity index (χ0v) is 17.3. The lowest BCUT2D eigenvalue weighted by Gasteiger charge is -2.15. The van der Waals surface area contributed by atoms with Gasteiger partial charge in [-0.15, -0.1) is 11.3 Å². The maximum absolute atomic E-state index is 12.5. The van der Waals surface area contributed by atoms with Crippen LogP contribution in [0.2, 0.25) is 0 Å². The van der Waals surface area contributed by atoms with Gasteiger partial charge in [0.2, 0.25) is 5.91 Å². The first-order valence-corrected chi connectivity index (χ1v) is 11.2. The molecule has 1 atom stereocenters. The molecule has 2 rings (SSSR count). The van der Waals surface area contributed by atoms with E-state index in [1.54, 1.807) is 5.38 Å². The molecule has 0 saturated heterocycles. The number of hydrogen-bond acceptors (Lipinski definition) is 6. The fraction of sp³-hybridized carbons (Fsp3) is 0.353. The molecular weight excluding hydrogens is 418 g/mol. The van der Waals surface area contributed by atoms with Crippen molar-refractivity contribution in [1.29, 1.82) is 0 Å². The number of nitrogens with zero attached hydrogens (tertiary/aromatic N) is 1. The highest BCUT2D eigenvalue weighted by Gasteiger charge is 2.21. The SMILES string of the molecule is Cc1ccc(-c2csc(NC(=O)C(CCCCNS(N)(=O)=O)NC(=O)O)n2)cc1. The van der Waals surface area contributed by atoms with Gasteiger partial charge in [0.15, 0.2) is 5.13 Å². The first-order chi connectivity index (χ1) is 13.6. The molecule has 0 aliphatic carbocycles. The van der Waals surface area contributed by atoms with Crippen molar-refractivity contribution in [3.63, 3.8) is 0 Å². The summed E-state index contributed by atoms with van der Waals surface area (Å²) in [5.74, 6) is -0.531. The number of aryl methyl sites for hydroxylation is 1. The number of aromatic nitrogens is 1. The van der Waals surface area contributed by atoms with Crippen molar-refractivity contribution in [3.05, 3.63) is 35.2 Å². The summed E-state index contributed by atoms with van der Waals surface area (Å²) in [7, 11) is -3.77. The molecule has 1 aromatic carbocycles. The number of nitrogens with one attached hydrogen (secondary N) is 3. The van der Waals surface area contributed by atoms with Crippen molar-refractivity contribution in [2.24, 2.45) is 5.14 Å². The molecule has 0 bridgehead atoms. The summed E-state index contributed by atoms with van der Waals surface area (Å²) in [6.07, 6.45) is -0.322. The predicted molar refractivity (Wildman–Crippen MR) is 111 cm³/mol. The molecule has 1 heterocycles. The Bertz CT molecular complexity index is 943. The number of hydrogen-bond donors (Lipinski definition) is 5. The van der Waals surface area contributed by atoms with Crippen molar-refractivity contribution in [1.82, 2.24) is 15.0 Å². The van der Waals surface area contributed by atoms with E-state index in [1.807, 2.05) is 31.2 Å². The van der Waals surface area contributed by atoms with Gasteiger partial charge in [0, 0.05) is 17.5 Å². The monoisotopic (exact) mass is 441 g/mol. The van der Waals surface area contributed by atoms with Crippen LogP contribution in [0.15, 0.2) is 29.6 Å². The molecule has 0 aliphatic heterocycles. The Morgan fingerprint density at radius 1 is 1.24 bits per heavy atom. The molecule has 0 spiro atoms. The Morgan fingerprint density at radius 3 is 2.55 bits per heavy atom. The van der Waals surface area contributed by atoms with Gasteiger partial charge in [-0.05, 0) is 26.2 Å². The second-order valence-electron chi connectivity index (χ2n) is 6.33. The number of carboxylic acid groups (broad SMARTS) is 1. The molecule has 1 aromatic heterocycles. The third-order valence-electron chi connectivity index (χ3n) is 3.92. The minimum absolute atomic E-state index is 0.104. The van der Waals surface area contributed by atoms with Crippen LogP contribution in [0.3, 0.4) is 0 Å². The van der Waals surface area contributed by atoms with E-state index >= 15 is 0 Å². The number of unbranched alkanes of at least 4 members (excludes halogenated alkanes) is 1. The van der Waals surface area contributed by atoms with E-state index < -0.39 is 28.3 Å². The van der Waals surface area contributed by atoms with Crippen molar-refractivity contribution in [2.45, 2.75) is 32.2 Å². The van der Waals surface area contributed by atoms with Crippen LogP contribution >= 0.6 is 11.3 Å². The molecule has 158 valence electrons. The zero-order chi connectivity index (χ0) is 21.4. The van der Waals surface area contributed by atoms with Crippen LogP contribution in [0.4, 0.5) is 9.93 Å². The average Bonchev–Trinajstić information content (AvgIpc) is 3.08. The molecule has 1 unspecified atom stereocenters. The lowest BCUT2D eigenvalue weighted by Crippen LogP contribution is -2.43. The highest BCUT2D eigenvalue weighted by atomic mass is 32.2. The summed E-state index contributed by atoms with van der Waals surface area (Å²) < 4.78 is 23.8. The summed E-state index contributed by atoms with van der Waals surface area (Å²) in [6, 6.07) is 6.80. The quantitative estimate of drug-likeness (QED) is 0.352. The predicted octanol–water partition coefficient (Wildman–Crippen LogP) is 1.66. The number of carbonyl (C=O) groups is 2. The van der Waals surface area contributed by atoms with Crippen LogP contribution in [0.5, 0.6) is 0 Å². The molecule has 0 aliphatic rings. The smallest absolute Gasteiger partial charge is 0.405 e. The Labute approximate surface area is 172 Å². The third kappa shape index (κ3) is 8.15. The number of anilines is 1. The van der Waals surface area contributed by atoms with Crippen LogP contribution in [0, 0.1) is 6.92 Å². The normalized spacial score (nSPS) is 12.3. The summed E-state index contributed by atoms with van der Waals surface area (Å²) in [5.41, 5.74) is 2.75. The van der Waals surface area contributed by atoms with Crippen molar-refractivity contribution in [3.8, 4) is 11.3 Å². The lowest BCUT2D eigenvalue weighted by atomic mass is 10.1. The molecule has 2 aromatic rings. The van der Waals surface area contributed by atoms with Gasteiger partial charge in [-0.2, -0.15) is 8.42 Å². The first-order valence-electron chi connectivity index (χ1n) is 8.74. The topological polar surface area (TPSA) is 164 Å². The second kappa shape index (κ2) is 10.3. The van der Waals surface area contributed by atoms with Gasteiger partial charge in [-0.25, -0.2) is 19.6 Å². The number of thiazole rings is 1. The number of amides is 2. The molecule has 29 heavy (non-hydrogen) atoms. The van der Waals surface area contributed by atoms with Gasteiger partial charge in [0.25, 0.3) is 10.2 Å². The van der Waals surface area contributed by atoms with Crippen LogP contribution in [0.25, 0.3) is 11.3 Å². The lowest BCUT2D eigenvalue weighted by molar-refractivity contribution is -0.118. The third-order valence-corrected chi connectivity index (χ3v) is 5.28. The van der Waals surface area contributed by atoms with Gasteiger partial charge in [0.1, 0.15) is 6.04 Å². The largest absolute Gasteiger partial charge is 0.465 e. The molecule has 6 N–H and O–H groups in total.